The number of carbonyl (C=O) groups excluding carboxylic acids is 2. The molecule has 10 heteroatoms. The van der Waals surface area contributed by atoms with Gasteiger partial charge in [-0.25, -0.2) is 4.90 Å². The summed E-state index contributed by atoms with van der Waals surface area (Å²) >= 11 is 4.37. The molecule has 4 rings (SSSR count). The van der Waals surface area contributed by atoms with Gasteiger partial charge in [-0.15, -0.1) is 0 Å². The van der Waals surface area contributed by atoms with Gasteiger partial charge in [-0.1, -0.05) is 46.3 Å². The van der Waals surface area contributed by atoms with Gasteiger partial charge in [-0.2, -0.15) is 0 Å². The lowest BCUT2D eigenvalue weighted by molar-refractivity contribution is -0.384. The number of thioether (sulfide) groups is 1. The first kappa shape index (κ1) is 24.5. The molecule has 0 aromatic heterocycles. The zero-order chi connectivity index (χ0) is 24.9. The monoisotopic (exact) mass is 554 g/mol. The number of benzene rings is 3. The van der Waals surface area contributed by atoms with Gasteiger partial charge in [0, 0.05) is 16.6 Å². The van der Waals surface area contributed by atoms with Crippen molar-refractivity contribution < 1.29 is 24.0 Å². The maximum Gasteiger partial charge on any atom is 0.298 e. The number of rotatable bonds is 8. The summed E-state index contributed by atoms with van der Waals surface area (Å²) in [5.41, 5.74) is 1.76. The summed E-state index contributed by atoms with van der Waals surface area (Å²) in [5, 5.41) is 10.6. The van der Waals surface area contributed by atoms with Gasteiger partial charge in [0.1, 0.15) is 6.61 Å². The van der Waals surface area contributed by atoms with Crippen LogP contribution in [0.15, 0.2) is 76.1 Å². The van der Waals surface area contributed by atoms with E-state index in [0.717, 1.165) is 16.7 Å². The van der Waals surface area contributed by atoms with E-state index in [1.54, 1.807) is 54.6 Å². The summed E-state index contributed by atoms with van der Waals surface area (Å²) in [5.74, 6) is 0.469. The third-order valence-corrected chi connectivity index (χ3v) is 6.53. The van der Waals surface area contributed by atoms with E-state index in [-0.39, 0.29) is 22.4 Å². The van der Waals surface area contributed by atoms with E-state index in [0.29, 0.717) is 39.4 Å². The first-order chi connectivity index (χ1) is 16.9. The maximum absolute atomic E-state index is 12.9. The topological polar surface area (TPSA) is 99.0 Å². The fourth-order valence-electron chi connectivity index (χ4n) is 3.37. The van der Waals surface area contributed by atoms with Crippen LogP contribution in [-0.4, -0.2) is 22.7 Å². The average molecular weight is 555 g/mol. The smallest absolute Gasteiger partial charge is 0.298 e. The fourth-order valence-corrected chi connectivity index (χ4v) is 4.64. The molecule has 0 bridgehead atoms. The minimum Gasteiger partial charge on any atom is -0.490 e. The van der Waals surface area contributed by atoms with Gasteiger partial charge in [-0.3, -0.25) is 19.7 Å². The molecular weight excluding hydrogens is 536 g/mol. The Bertz CT molecular complexity index is 1330. The molecule has 0 aliphatic carbocycles. The lowest BCUT2D eigenvalue weighted by atomic mass is 10.1. The number of anilines is 1. The van der Waals surface area contributed by atoms with Gasteiger partial charge in [0.05, 0.1) is 22.1 Å². The molecule has 3 aromatic rings. The zero-order valence-corrected chi connectivity index (χ0v) is 20.9. The maximum atomic E-state index is 12.9. The van der Waals surface area contributed by atoms with Crippen LogP contribution in [-0.2, 0) is 11.4 Å². The van der Waals surface area contributed by atoms with Gasteiger partial charge in [0.25, 0.3) is 16.8 Å². The van der Waals surface area contributed by atoms with E-state index in [9.17, 15) is 19.7 Å². The van der Waals surface area contributed by atoms with E-state index in [1.807, 2.05) is 13.0 Å². The second-order valence-corrected chi connectivity index (χ2v) is 9.17. The summed E-state index contributed by atoms with van der Waals surface area (Å²) in [4.78, 5) is 37.4. The number of carbonyl (C=O) groups is 2. The highest BCUT2D eigenvalue weighted by Gasteiger charge is 2.36. The minimum atomic E-state index is -0.458. The van der Waals surface area contributed by atoms with E-state index in [4.69, 9.17) is 9.47 Å². The van der Waals surface area contributed by atoms with Crippen LogP contribution >= 0.6 is 27.7 Å². The molecule has 0 unspecified atom stereocenters. The molecule has 0 saturated carbocycles. The molecule has 1 fully saturated rings. The Labute approximate surface area is 213 Å². The standard InChI is InChI=1S/C25H19BrN2O6S/c1-2-33-21-12-17(13-23-24(29)27(25(30)35-23)18-8-4-3-5-9-18)20(26)14-22(21)34-15-16-7-6-10-19(11-16)28(31)32/h3-14H,2,15H2,1H3/b23-13-. The summed E-state index contributed by atoms with van der Waals surface area (Å²) in [6.45, 7) is 2.31. The van der Waals surface area contributed by atoms with Crippen molar-refractivity contribution in [3.63, 3.8) is 0 Å². The highest BCUT2D eigenvalue weighted by molar-refractivity contribution is 9.10. The summed E-state index contributed by atoms with van der Waals surface area (Å²) in [7, 11) is 0. The van der Waals surface area contributed by atoms with Crippen LogP contribution in [0, 0.1) is 10.1 Å². The highest BCUT2D eigenvalue weighted by atomic mass is 79.9. The Morgan fingerprint density at radius 3 is 2.49 bits per heavy atom. The van der Waals surface area contributed by atoms with Crippen molar-refractivity contribution in [2.45, 2.75) is 13.5 Å². The zero-order valence-electron chi connectivity index (χ0n) is 18.5. The number of non-ortho nitro benzene ring substituents is 1. The SMILES string of the molecule is CCOc1cc(/C=C2\SC(=O)N(c3ccccc3)C2=O)c(Br)cc1OCc1cccc([N+](=O)[O-])c1. The molecule has 2 amide bonds. The number of halogens is 1. The van der Waals surface area contributed by atoms with Crippen LogP contribution in [0.2, 0.25) is 0 Å². The Morgan fingerprint density at radius 1 is 1.03 bits per heavy atom. The second kappa shape index (κ2) is 10.7. The number of ether oxygens (including phenoxy) is 2. The van der Waals surface area contributed by atoms with Crippen LogP contribution < -0.4 is 14.4 Å². The Hall–Kier alpha value is -3.63. The van der Waals surface area contributed by atoms with E-state index >= 15 is 0 Å². The van der Waals surface area contributed by atoms with Gasteiger partial charge in [-0.05, 0) is 60.2 Å². The number of imide groups is 1. The van der Waals surface area contributed by atoms with Gasteiger partial charge < -0.3 is 9.47 Å². The van der Waals surface area contributed by atoms with Crippen molar-refractivity contribution in [3.05, 3.63) is 97.3 Å². The van der Waals surface area contributed by atoms with Gasteiger partial charge in [0.15, 0.2) is 11.5 Å². The number of nitrogens with zero attached hydrogens (tertiary/aromatic N) is 2. The van der Waals surface area contributed by atoms with Gasteiger partial charge in [0.2, 0.25) is 0 Å². The minimum absolute atomic E-state index is 0.0166. The second-order valence-electron chi connectivity index (χ2n) is 7.32. The average Bonchev–Trinajstić information content (AvgIpc) is 3.13. The Balaban J connectivity index is 1.59. The Kier molecular flexibility index (Phi) is 7.52. The number of para-hydroxylation sites is 1. The molecule has 3 aromatic carbocycles. The molecule has 1 aliphatic rings. The van der Waals surface area contributed by atoms with Crippen molar-refractivity contribution in [2.75, 3.05) is 11.5 Å². The molecule has 0 atom stereocenters. The molecule has 0 spiro atoms. The van der Waals surface area contributed by atoms with E-state index in [1.165, 1.54) is 12.1 Å². The van der Waals surface area contributed by atoms with Crippen LogP contribution in [0.25, 0.3) is 6.08 Å². The third-order valence-electron chi connectivity index (χ3n) is 4.97. The first-order valence-corrected chi connectivity index (χ1v) is 12.1. The molecule has 1 heterocycles. The molecule has 35 heavy (non-hydrogen) atoms. The largest absolute Gasteiger partial charge is 0.490 e. The quantitative estimate of drug-likeness (QED) is 0.176. The first-order valence-electron chi connectivity index (χ1n) is 10.5. The molecule has 178 valence electrons. The molecule has 1 aliphatic heterocycles. The molecule has 0 radical (unpaired) electrons. The van der Waals surface area contributed by atoms with Crippen LogP contribution in [0.4, 0.5) is 16.2 Å². The summed E-state index contributed by atoms with van der Waals surface area (Å²) in [6.07, 6.45) is 1.63. The molecule has 1 saturated heterocycles. The predicted molar refractivity (Wildman–Crippen MR) is 138 cm³/mol. The predicted octanol–water partition coefficient (Wildman–Crippen LogP) is 6.58. The number of nitro groups is 1. The fraction of sp³-hybridized carbons (Fsp3) is 0.120. The third kappa shape index (κ3) is 5.55. The summed E-state index contributed by atoms with van der Waals surface area (Å²) in [6, 6.07) is 18.4. The molecular formula is C25H19BrN2O6S. The van der Waals surface area contributed by atoms with Crippen molar-refractivity contribution in [1.29, 1.82) is 0 Å². The Morgan fingerprint density at radius 2 is 1.77 bits per heavy atom. The van der Waals surface area contributed by atoms with Crippen molar-refractivity contribution >= 4 is 56.3 Å². The summed E-state index contributed by atoms with van der Waals surface area (Å²) < 4.78 is 12.3. The van der Waals surface area contributed by atoms with Crippen LogP contribution in [0.5, 0.6) is 11.5 Å². The van der Waals surface area contributed by atoms with Crippen molar-refractivity contribution in [2.24, 2.45) is 0 Å². The van der Waals surface area contributed by atoms with Crippen LogP contribution in [0.1, 0.15) is 18.1 Å². The van der Waals surface area contributed by atoms with Crippen molar-refractivity contribution in [1.82, 2.24) is 0 Å². The molecule has 0 N–H and O–H groups in total. The van der Waals surface area contributed by atoms with Crippen LogP contribution in [0.3, 0.4) is 0 Å². The normalized spacial score (nSPS) is 14.5. The number of hydrogen-bond donors (Lipinski definition) is 0. The lowest BCUT2D eigenvalue weighted by Gasteiger charge is -2.14. The molecule has 8 nitrogen and oxygen atoms in total. The number of hydrogen-bond acceptors (Lipinski definition) is 7. The van der Waals surface area contributed by atoms with Gasteiger partial charge >= 0.3 is 0 Å². The lowest BCUT2D eigenvalue weighted by Crippen LogP contribution is -2.27. The van der Waals surface area contributed by atoms with Crippen molar-refractivity contribution in [3.8, 4) is 11.5 Å². The number of amides is 2. The van der Waals surface area contributed by atoms with E-state index in [2.05, 4.69) is 15.9 Å². The highest BCUT2D eigenvalue weighted by Crippen LogP contribution is 2.39. The van der Waals surface area contributed by atoms with E-state index < -0.39 is 10.8 Å². The number of nitro benzene ring substituents is 1.